The summed E-state index contributed by atoms with van der Waals surface area (Å²) in [5, 5.41) is 6.23. The van der Waals surface area contributed by atoms with Gasteiger partial charge in [-0.2, -0.15) is 0 Å². The predicted octanol–water partition coefficient (Wildman–Crippen LogP) is 3.58. The number of carbonyl (C=O) groups is 1. The van der Waals surface area contributed by atoms with E-state index in [0.29, 0.717) is 17.8 Å². The second-order valence-corrected chi connectivity index (χ2v) is 5.33. The van der Waals surface area contributed by atoms with Gasteiger partial charge in [0.1, 0.15) is 0 Å². The summed E-state index contributed by atoms with van der Waals surface area (Å²) in [6, 6.07) is 15.7. The average Bonchev–Trinajstić information content (AvgIpc) is 2.55. The number of anilines is 2. The Morgan fingerprint density at radius 1 is 1.18 bits per heavy atom. The van der Waals surface area contributed by atoms with Crippen LogP contribution in [0.25, 0.3) is 0 Å². The van der Waals surface area contributed by atoms with Crippen molar-refractivity contribution in [2.75, 3.05) is 17.6 Å². The molecule has 2 aromatic carbocycles. The summed E-state index contributed by atoms with van der Waals surface area (Å²) in [6.45, 7) is 4.77. The normalized spacial score (nSPS) is 11.7. The van der Waals surface area contributed by atoms with Gasteiger partial charge in [0.25, 0.3) is 5.91 Å². The number of nitrogens with two attached hydrogens (primary N) is 1. The summed E-state index contributed by atoms with van der Waals surface area (Å²) in [5.41, 5.74) is 9.26. The Morgan fingerprint density at radius 2 is 1.91 bits per heavy atom. The number of benzene rings is 2. The molecule has 0 fully saturated rings. The van der Waals surface area contributed by atoms with E-state index in [-0.39, 0.29) is 11.9 Å². The van der Waals surface area contributed by atoms with E-state index in [2.05, 4.69) is 29.7 Å². The van der Waals surface area contributed by atoms with Gasteiger partial charge in [0.15, 0.2) is 0 Å². The monoisotopic (exact) mass is 297 g/mol. The molecule has 2 aromatic rings. The van der Waals surface area contributed by atoms with Crippen molar-refractivity contribution >= 4 is 17.3 Å². The van der Waals surface area contributed by atoms with E-state index in [1.807, 2.05) is 31.2 Å². The van der Waals surface area contributed by atoms with E-state index in [9.17, 15) is 4.79 Å². The van der Waals surface area contributed by atoms with E-state index >= 15 is 0 Å². The lowest BCUT2D eigenvalue weighted by Gasteiger charge is -2.17. The van der Waals surface area contributed by atoms with Crippen LogP contribution in [-0.2, 0) is 0 Å². The molecule has 4 N–H and O–H groups in total. The quantitative estimate of drug-likeness (QED) is 0.714. The zero-order valence-electron chi connectivity index (χ0n) is 13.1. The van der Waals surface area contributed by atoms with Crippen molar-refractivity contribution < 1.29 is 4.79 Å². The van der Waals surface area contributed by atoms with Gasteiger partial charge in [-0.1, -0.05) is 37.3 Å². The summed E-state index contributed by atoms with van der Waals surface area (Å²) in [6.07, 6.45) is 0.912. The lowest BCUT2D eigenvalue weighted by Crippen LogP contribution is -2.24. The minimum absolute atomic E-state index is 0.0868. The third-order valence-corrected chi connectivity index (χ3v) is 3.52. The molecule has 2 rings (SSSR count). The van der Waals surface area contributed by atoms with Crippen molar-refractivity contribution in [2.24, 2.45) is 0 Å². The lowest BCUT2D eigenvalue weighted by molar-refractivity contribution is 0.0953. The fourth-order valence-electron chi connectivity index (χ4n) is 2.23. The molecule has 0 aliphatic rings. The summed E-state index contributed by atoms with van der Waals surface area (Å²) in [5.74, 6) is -0.0868. The largest absolute Gasteiger partial charge is 0.397 e. The fraction of sp³-hybridized carbons (Fsp3) is 0.278. The summed E-state index contributed by atoms with van der Waals surface area (Å²) < 4.78 is 0. The minimum Gasteiger partial charge on any atom is -0.397 e. The SMILES string of the molecule is CCCNC(=O)c1ccc(NC(C)c2ccccc2)c(N)c1. The molecular formula is C18H23N3O. The van der Waals surface area contributed by atoms with Gasteiger partial charge in [0.05, 0.1) is 11.4 Å². The highest BCUT2D eigenvalue weighted by Crippen LogP contribution is 2.25. The first-order valence-corrected chi connectivity index (χ1v) is 7.61. The molecule has 0 saturated carbocycles. The van der Waals surface area contributed by atoms with Gasteiger partial charge in [0.2, 0.25) is 0 Å². The van der Waals surface area contributed by atoms with E-state index in [4.69, 9.17) is 5.73 Å². The van der Waals surface area contributed by atoms with Crippen LogP contribution in [0.3, 0.4) is 0 Å². The molecule has 1 unspecified atom stereocenters. The van der Waals surface area contributed by atoms with Crippen LogP contribution in [-0.4, -0.2) is 12.5 Å². The number of amides is 1. The van der Waals surface area contributed by atoms with E-state index < -0.39 is 0 Å². The van der Waals surface area contributed by atoms with Crippen LogP contribution in [0.1, 0.15) is 42.2 Å². The van der Waals surface area contributed by atoms with Crippen LogP contribution in [0, 0.1) is 0 Å². The Bertz CT molecular complexity index is 625. The van der Waals surface area contributed by atoms with Gasteiger partial charge in [-0.15, -0.1) is 0 Å². The summed E-state index contributed by atoms with van der Waals surface area (Å²) in [4.78, 5) is 11.9. The molecule has 0 heterocycles. The maximum atomic E-state index is 11.9. The Kier molecular flexibility index (Phi) is 5.42. The van der Waals surface area contributed by atoms with Crippen molar-refractivity contribution in [3.8, 4) is 0 Å². The van der Waals surface area contributed by atoms with Crippen molar-refractivity contribution in [2.45, 2.75) is 26.3 Å². The number of rotatable bonds is 6. The third-order valence-electron chi connectivity index (χ3n) is 3.52. The van der Waals surface area contributed by atoms with E-state index in [1.54, 1.807) is 12.1 Å². The molecule has 116 valence electrons. The fourth-order valence-corrected chi connectivity index (χ4v) is 2.23. The third kappa shape index (κ3) is 4.01. The number of nitrogens with one attached hydrogen (secondary N) is 2. The molecule has 0 aliphatic heterocycles. The first kappa shape index (κ1) is 15.9. The Balaban J connectivity index is 2.08. The highest BCUT2D eigenvalue weighted by Gasteiger charge is 2.10. The molecule has 4 heteroatoms. The molecule has 0 spiro atoms. The van der Waals surface area contributed by atoms with Crippen LogP contribution >= 0.6 is 0 Å². The van der Waals surface area contributed by atoms with Gasteiger partial charge < -0.3 is 16.4 Å². The second kappa shape index (κ2) is 7.50. The molecule has 0 radical (unpaired) electrons. The standard InChI is InChI=1S/C18H23N3O/c1-3-11-20-18(22)15-9-10-17(16(19)12-15)21-13(2)14-7-5-4-6-8-14/h4-10,12-13,21H,3,11,19H2,1-2H3,(H,20,22). The molecule has 0 aromatic heterocycles. The Hall–Kier alpha value is -2.49. The lowest BCUT2D eigenvalue weighted by atomic mass is 10.1. The van der Waals surface area contributed by atoms with Crippen molar-refractivity contribution in [1.29, 1.82) is 0 Å². The van der Waals surface area contributed by atoms with E-state index in [1.165, 1.54) is 5.56 Å². The van der Waals surface area contributed by atoms with E-state index in [0.717, 1.165) is 12.1 Å². The first-order chi connectivity index (χ1) is 10.6. The van der Waals surface area contributed by atoms with Gasteiger partial charge in [0, 0.05) is 18.2 Å². The van der Waals surface area contributed by atoms with Crippen molar-refractivity contribution in [3.63, 3.8) is 0 Å². The summed E-state index contributed by atoms with van der Waals surface area (Å²) in [7, 11) is 0. The number of hydrogen-bond donors (Lipinski definition) is 3. The highest BCUT2D eigenvalue weighted by atomic mass is 16.1. The van der Waals surface area contributed by atoms with Gasteiger partial charge in [-0.25, -0.2) is 0 Å². The minimum atomic E-state index is -0.0868. The van der Waals surface area contributed by atoms with Crippen LogP contribution in [0.2, 0.25) is 0 Å². The van der Waals surface area contributed by atoms with Crippen molar-refractivity contribution in [1.82, 2.24) is 5.32 Å². The van der Waals surface area contributed by atoms with Gasteiger partial charge in [-0.3, -0.25) is 4.79 Å². The predicted molar refractivity (Wildman–Crippen MR) is 92.0 cm³/mol. The Labute approximate surface area is 131 Å². The zero-order valence-corrected chi connectivity index (χ0v) is 13.1. The smallest absolute Gasteiger partial charge is 0.251 e. The van der Waals surface area contributed by atoms with Gasteiger partial charge >= 0.3 is 0 Å². The molecule has 1 atom stereocenters. The molecule has 0 saturated heterocycles. The first-order valence-electron chi connectivity index (χ1n) is 7.61. The number of nitrogen functional groups attached to an aromatic ring is 1. The number of carbonyl (C=O) groups excluding carboxylic acids is 1. The molecule has 0 bridgehead atoms. The molecule has 1 amide bonds. The van der Waals surface area contributed by atoms with Gasteiger partial charge in [-0.05, 0) is 37.1 Å². The van der Waals surface area contributed by atoms with Crippen LogP contribution in [0.5, 0.6) is 0 Å². The molecule has 22 heavy (non-hydrogen) atoms. The molecule has 4 nitrogen and oxygen atoms in total. The number of hydrogen-bond acceptors (Lipinski definition) is 3. The average molecular weight is 297 g/mol. The van der Waals surface area contributed by atoms with Crippen LogP contribution in [0.15, 0.2) is 48.5 Å². The molecule has 0 aliphatic carbocycles. The van der Waals surface area contributed by atoms with Crippen LogP contribution in [0.4, 0.5) is 11.4 Å². The Morgan fingerprint density at radius 3 is 2.55 bits per heavy atom. The highest BCUT2D eigenvalue weighted by molar-refractivity contribution is 5.96. The van der Waals surface area contributed by atoms with Crippen molar-refractivity contribution in [3.05, 3.63) is 59.7 Å². The maximum absolute atomic E-state index is 11.9. The summed E-state index contributed by atoms with van der Waals surface area (Å²) >= 11 is 0. The van der Waals surface area contributed by atoms with Crippen LogP contribution < -0.4 is 16.4 Å². The second-order valence-electron chi connectivity index (χ2n) is 5.33. The molecular weight excluding hydrogens is 274 g/mol. The topological polar surface area (TPSA) is 67.2 Å². The maximum Gasteiger partial charge on any atom is 0.251 e. The zero-order chi connectivity index (χ0) is 15.9.